The maximum atomic E-state index is 12.1. The SMILES string of the molecule is CC1(C)C2=C(CCC2)[C@]2(C)O[C@H]1CCC2=O. The highest BCUT2D eigenvalue weighted by molar-refractivity contribution is 5.91. The monoisotopic (exact) mass is 220 g/mol. The summed E-state index contributed by atoms with van der Waals surface area (Å²) in [6, 6.07) is 0. The van der Waals surface area contributed by atoms with Crippen LogP contribution >= 0.6 is 0 Å². The van der Waals surface area contributed by atoms with E-state index >= 15 is 0 Å². The van der Waals surface area contributed by atoms with Gasteiger partial charge in [-0.25, -0.2) is 0 Å². The fourth-order valence-corrected chi connectivity index (χ4v) is 3.83. The minimum atomic E-state index is -0.565. The fraction of sp³-hybridized carbons (Fsp3) is 0.786. The van der Waals surface area contributed by atoms with Gasteiger partial charge >= 0.3 is 0 Å². The Balaban J connectivity index is 2.18. The molecule has 16 heavy (non-hydrogen) atoms. The van der Waals surface area contributed by atoms with Crippen LogP contribution in [0.3, 0.4) is 0 Å². The highest BCUT2D eigenvalue weighted by Gasteiger charge is 2.55. The van der Waals surface area contributed by atoms with Crippen molar-refractivity contribution < 1.29 is 9.53 Å². The molecule has 0 amide bonds. The molecular formula is C14H20O2. The first-order valence-electron chi connectivity index (χ1n) is 6.40. The third kappa shape index (κ3) is 1.09. The predicted molar refractivity (Wildman–Crippen MR) is 62.2 cm³/mol. The van der Waals surface area contributed by atoms with Crippen LogP contribution in [0.2, 0.25) is 0 Å². The topological polar surface area (TPSA) is 26.3 Å². The van der Waals surface area contributed by atoms with Gasteiger partial charge < -0.3 is 4.74 Å². The van der Waals surface area contributed by atoms with Crippen molar-refractivity contribution in [2.75, 3.05) is 0 Å². The molecule has 2 heterocycles. The summed E-state index contributed by atoms with van der Waals surface area (Å²) in [5, 5.41) is 0. The molecule has 3 aliphatic rings. The Morgan fingerprint density at radius 1 is 1.12 bits per heavy atom. The molecule has 0 N–H and O–H groups in total. The average molecular weight is 220 g/mol. The lowest BCUT2D eigenvalue weighted by molar-refractivity contribution is -0.170. The van der Waals surface area contributed by atoms with Crippen LogP contribution in [-0.4, -0.2) is 17.5 Å². The molecule has 2 bridgehead atoms. The van der Waals surface area contributed by atoms with Gasteiger partial charge in [0.2, 0.25) is 0 Å². The summed E-state index contributed by atoms with van der Waals surface area (Å²) in [5.74, 6) is 0.300. The molecule has 0 radical (unpaired) electrons. The summed E-state index contributed by atoms with van der Waals surface area (Å²) >= 11 is 0. The lowest BCUT2D eigenvalue weighted by Crippen LogP contribution is -2.55. The quantitative estimate of drug-likeness (QED) is 0.587. The minimum absolute atomic E-state index is 0.145. The molecule has 0 aromatic carbocycles. The summed E-state index contributed by atoms with van der Waals surface area (Å²) in [6.07, 6.45) is 5.28. The summed E-state index contributed by atoms with van der Waals surface area (Å²) in [5.41, 5.74) is 2.42. The van der Waals surface area contributed by atoms with Gasteiger partial charge in [-0.2, -0.15) is 0 Å². The molecule has 2 aliphatic heterocycles. The number of ether oxygens (including phenoxy) is 1. The van der Waals surface area contributed by atoms with Gasteiger partial charge in [0.05, 0.1) is 6.10 Å². The second-order valence-corrected chi connectivity index (χ2v) is 6.13. The summed E-state index contributed by atoms with van der Waals surface area (Å²) in [4.78, 5) is 12.1. The molecule has 0 aromatic heterocycles. The van der Waals surface area contributed by atoms with Gasteiger partial charge in [0, 0.05) is 11.8 Å². The lowest BCUT2D eigenvalue weighted by Gasteiger charge is -2.51. The van der Waals surface area contributed by atoms with E-state index in [9.17, 15) is 4.79 Å². The summed E-state index contributed by atoms with van der Waals surface area (Å²) in [6.45, 7) is 6.57. The van der Waals surface area contributed by atoms with Crippen molar-refractivity contribution in [3.8, 4) is 0 Å². The number of carbonyl (C=O) groups is 1. The largest absolute Gasteiger partial charge is 0.359 e. The number of hydrogen-bond donors (Lipinski definition) is 0. The Bertz CT molecular complexity index is 392. The number of Topliss-reactive ketones (excluding diaryl/α,β-unsaturated/α-hetero) is 1. The molecule has 1 saturated heterocycles. The van der Waals surface area contributed by atoms with Crippen LogP contribution in [0.15, 0.2) is 11.1 Å². The normalized spacial score (nSPS) is 41.2. The third-order valence-electron chi connectivity index (χ3n) is 4.92. The maximum absolute atomic E-state index is 12.1. The van der Waals surface area contributed by atoms with E-state index in [1.807, 2.05) is 6.92 Å². The molecule has 0 aromatic rings. The molecule has 2 nitrogen and oxygen atoms in total. The predicted octanol–water partition coefficient (Wildman–Crippen LogP) is 3.01. The van der Waals surface area contributed by atoms with Crippen molar-refractivity contribution >= 4 is 5.78 Å². The third-order valence-corrected chi connectivity index (χ3v) is 4.92. The molecule has 0 unspecified atom stereocenters. The van der Waals surface area contributed by atoms with E-state index in [1.165, 1.54) is 24.0 Å². The lowest BCUT2D eigenvalue weighted by atomic mass is 9.66. The highest BCUT2D eigenvalue weighted by Crippen LogP contribution is 2.55. The van der Waals surface area contributed by atoms with E-state index in [-0.39, 0.29) is 11.5 Å². The van der Waals surface area contributed by atoms with E-state index in [0.717, 1.165) is 12.8 Å². The van der Waals surface area contributed by atoms with Gasteiger partial charge in [0.1, 0.15) is 5.60 Å². The fourth-order valence-electron chi connectivity index (χ4n) is 3.83. The van der Waals surface area contributed by atoms with Crippen molar-refractivity contribution in [3.63, 3.8) is 0 Å². The Kier molecular flexibility index (Phi) is 1.96. The van der Waals surface area contributed by atoms with Gasteiger partial charge in [0.25, 0.3) is 0 Å². The first-order valence-corrected chi connectivity index (χ1v) is 6.40. The van der Waals surface area contributed by atoms with Crippen molar-refractivity contribution in [3.05, 3.63) is 11.1 Å². The smallest absolute Gasteiger partial charge is 0.168 e. The van der Waals surface area contributed by atoms with E-state index in [0.29, 0.717) is 12.2 Å². The Morgan fingerprint density at radius 2 is 1.81 bits per heavy atom. The molecule has 3 rings (SSSR count). The summed E-state index contributed by atoms with van der Waals surface area (Å²) < 4.78 is 6.14. The van der Waals surface area contributed by atoms with Crippen LogP contribution < -0.4 is 0 Å². The van der Waals surface area contributed by atoms with Crippen molar-refractivity contribution in [2.45, 2.75) is 64.6 Å². The van der Waals surface area contributed by atoms with E-state index < -0.39 is 5.60 Å². The Morgan fingerprint density at radius 3 is 2.56 bits per heavy atom. The van der Waals surface area contributed by atoms with Gasteiger partial charge in [-0.05, 0) is 38.2 Å². The van der Waals surface area contributed by atoms with Gasteiger partial charge in [-0.1, -0.05) is 19.4 Å². The molecule has 2 heteroatoms. The molecule has 88 valence electrons. The van der Waals surface area contributed by atoms with Crippen LogP contribution in [-0.2, 0) is 9.53 Å². The first-order chi connectivity index (χ1) is 7.46. The van der Waals surface area contributed by atoms with Crippen molar-refractivity contribution in [1.29, 1.82) is 0 Å². The second kappa shape index (κ2) is 2.98. The van der Waals surface area contributed by atoms with Crippen LogP contribution in [0.4, 0.5) is 0 Å². The number of carbonyl (C=O) groups excluding carboxylic acids is 1. The number of fused-ring (bicyclic) bond motifs is 3. The van der Waals surface area contributed by atoms with Crippen LogP contribution in [0.1, 0.15) is 52.9 Å². The summed E-state index contributed by atoms with van der Waals surface area (Å²) in [7, 11) is 0. The highest BCUT2D eigenvalue weighted by atomic mass is 16.5. The zero-order valence-corrected chi connectivity index (χ0v) is 10.4. The zero-order chi connectivity index (χ0) is 11.6. The number of ketones is 1. The van der Waals surface area contributed by atoms with Crippen molar-refractivity contribution in [1.82, 2.24) is 0 Å². The van der Waals surface area contributed by atoms with E-state index in [1.54, 1.807) is 0 Å². The number of hydrogen-bond acceptors (Lipinski definition) is 2. The van der Waals surface area contributed by atoms with E-state index in [4.69, 9.17) is 4.74 Å². The van der Waals surface area contributed by atoms with Gasteiger partial charge in [-0.3, -0.25) is 4.79 Å². The molecule has 1 fully saturated rings. The van der Waals surface area contributed by atoms with Crippen LogP contribution in [0.25, 0.3) is 0 Å². The van der Waals surface area contributed by atoms with Gasteiger partial charge in [-0.15, -0.1) is 0 Å². The maximum Gasteiger partial charge on any atom is 0.168 e. The van der Waals surface area contributed by atoms with Crippen LogP contribution in [0.5, 0.6) is 0 Å². The molecule has 1 aliphatic carbocycles. The van der Waals surface area contributed by atoms with Crippen molar-refractivity contribution in [2.24, 2.45) is 5.41 Å². The molecular weight excluding hydrogens is 200 g/mol. The Labute approximate surface area is 97.1 Å². The molecule has 0 spiro atoms. The molecule has 0 saturated carbocycles. The van der Waals surface area contributed by atoms with Crippen LogP contribution in [0, 0.1) is 5.41 Å². The van der Waals surface area contributed by atoms with Gasteiger partial charge in [0.15, 0.2) is 5.78 Å². The molecule has 2 atom stereocenters. The average Bonchev–Trinajstić information content (AvgIpc) is 2.70. The number of rotatable bonds is 0. The Hall–Kier alpha value is -0.630. The zero-order valence-electron chi connectivity index (χ0n) is 10.4. The standard InChI is InChI=1S/C14H20O2/c1-13(2)9-5-4-6-10(9)14(3)11(15)7-8-12(13)16-14/h12H,4-8H2,1-3H3/t12-,14-/m0/s1. The first kappa shape index (κ1) is 10.5. The van der Waals surface area contributed by atoms with E-state index in [2.05, 4.69) is 13.8 Å². The minimum Gasteiger partial charge on any atom is -0.359 e. The second-order valence-electron chi connectivity index (χ2n) is 6.13.